The molecule has 0 bridgehead atoms. The molecule has 1 aromatic heterocycles. The van der Waals surface area contributed by atoms with Gasteiger partial charge in [0.15, 0.2) is 0 Å². The van der Waals surface area contributed by atoms with E-state index in [9.17, 15) is 0 Å². The van der Waals surface area contributed by atoms with Crippen molar-refractivity contribution < 1.29 is 0 Å². The van der Waals surface area contributed by atoms with Crippen LogP contribution in [0.15, 0.2) is 36.5 Å². The van der Waals surface area contributed by atoms with Gasteiger partial charge in [0.05, 0.1) is 11.4 Å². The molecule has 2 rings (SSSR count). The van der Waals surface area contributed by atoms with Gasteiger partial charge < -0.3 is 17.2 Å². The van der Waals surface area contributed by atoms with Crippen LogP contribution in [-0.2, 0) is 6.42 Å². The second-order valence-corrected chi connectivity index (χ2v) is 3.66. The maximum atomic E-state index is 5.89. The summed E-state index contributed by atoms with van der Waals surface area (Å²) in [5.41, 5.74) is 20.1. The molecule has 0 aliphatic heterocycles. The Morgan fingerprint density at radius 2 is 1.62 bits per heavy atom. The molecule has 0 amide bonds. The maximum Gasteiger partial charge on any atom is 0.148 e. The second kappa shape index (κ2) is 4.10. The molecule has 82 valence electrons. The van der Waals surface area contributed by atoms with Crippen LogP contribution in [0.5, 0.6) is 0 Å². The largest absolute Gasteiger partial charge is 0.397 e. The van der Waals surface area contributed by atoms with Crippen molar-refractivity contribution in [1.82, 2.24) is 4.98 Å². The van der Waals surface area contributed by atoms with E-state index in [2.05, 4.69) is 4.98 Å². The summed E-state index contributed by atoms with van der Waals surface area (Å²) in [6.07, 6.45) is 2.39. The van der Waals surface area contributed by atoms with E-state index in [1.54, 1.807) is 6.20 Å². The first-order valence-corrected chi connectivity index (χ1v) is 5.00. The monoisotopic (exact) mass is 214 g/mol. The third kappa shape index (κ3) is 1.91. The topological polar surface area (TPSA) is 90.9 Å². The van der Waals surface area contributed by atoms with Gasteiger partial charge in [-0.05, 0) is 5.56 Å². The molecule has 0 aliphatic rings. The fourth-order valence-corrected chi connectivity index (χ4v) is 1.55. The summed E-state index contributed by atoms with van der Waals surface area (Å²) in [6, 6.07) is 10.0. The molecular weight excluding hydrogens is 200 g/mol. The highest BCUT2D eigenvalue weighted by Crippen LogP contribution is 2.25. The number of rotatable bonds is 2. The van der Waals surface area contributed by atoms with E-state index in [0.717, 1.165) is 5.56 Å². The molecule has 0 aliphatic carbocycles. The highest BCUT2D eigenvalue weighted by atomic mass is 14.9. The van der Waals surface area contributed by atoms with Gasteiger partial charge in [-0.15, -0.1) is 0 Å². The Morgan fingerprint density at radius 3 is 2.31 bits per heavy atom. The number of aromatic nitrogens is 1. The Labute approximate surface area is 94.1 Å². The van der Waals surface area contributed by atoms with Crippen molar-refractivity contribution in [2.75, 3.05) is 17.2 Å². The SMILES string of the molecule is Nc1ncc(Cc2ccccc2)c(N)c1N. The Morgan fingerprint density at radius 1 is 0.938 bits per heavy atom. The summed E-state index contributed by atoms with van der Waals surface area (Å²) in [5.74, 6) is 0.286. The standard InChI is InChI=1S/C12H14N4/c13-10-9(7-16-12(15)11(10)14)6-8-4-2-1-3-5-8/h1-5,7H,6,14H2,(H4,13,15,16). The molecule has 1 heterocycles. The van der Waals surface area contributed by atoms with E-state index in [1.807, 2.05) is 30.3 Å². The van der Waals surface area contributed by atoms with Crippen LogP contribution in [0.1, 0.15) is 11.1 Å². The molecule has 0 fully saturated rings. The zero-order chi connectivity index (χ0) is 11.5. The maximum absolute atomic E-state index is 5.89. The minimum atomic E-state index is 0.286. The molecule has 4 heteroatoms. The fourth-order valence-electron chi connectivity index (χ4n) is 1.55. The Bertz CT molecular complexity index is 494. The molecule has 6 N–H and O–H groups in total. The van der Waals surface area contributed by atoms with Crippen LogP contribution in [0.4, 0.5) is 17.2 Å². The zero-order valence-corrected chi connectivity index (χ0v) is 8.85. The third-order valence-corrected chi connectivity index (χ3v) is 2.51. The van der Waals surface area contributed by atoms with Crippen LogP contribution in [0.2, 0.25) is 0 Å². The van der Waals surface area contributed by atoms with E-state index in [-0.39, 0.29) is 5.82 Å². The summed E-state index contributed by atoms with van der Waals surface area (Å²) in [7, 11) is 0. The number of anilines is 3. The van der Waals surface area contributed by atoms with E-state index in [1.165, 1.54) is 5.56 Å². The molecule has 0 spiro atoms. The van der Waals surface area contributed by atoms with E-state index in [0.29, 0.717) is 17.8 Å². The number of hydrogen-bond acceptors (Lipinski definition) is 4. The van der Waals surface area contributed by atoms with Crippen molar-refractivity contribution in [3.8, 4) is 0 Å². The summed E-state index contributed by atoms with van der Waals surface area (Å²) < 4.78 is 0. The molecule has 16 heavy (non-hydrogen) atoms. The molecule has 2 aromatic rings. The number of pyridine rings is 1. The first-order chi connectivity index (χ1) is 7.68. The number of hydrogen-bond donors (Lipinski definition) is 3. The third-order valence-electron chi connectivity index (χ3n) is 2.51. The average molecular weight is 214 g/mol. The van der Waals surface area contributed by atoms with Gasteiger partial charge in [0.25, 0.3) is 0 Å². The van der Waals surface area contributed by atoms with Crippen molar-refractivity contribution in [2.45, 2.75) is 6.42 Å². The van der Waals surface area contributed by atoms with Crippen molar-refractivity contribution in [3.05, 3.63) is 47.7 Å². The lowest BCUT2D eigenvalue weighted by Gasteiger charge is -2.09. The van der Waals surface area contributed by atoms with Crippen LogP contribution >= 0.6 is 0 Å². The predicted octanol–water partition coefficient (Wildman–Crippen LogP) is 1.42. The predicted molar refractivity (Wildman–Crippen MR) is 66.7 cm³/mol. The van der Waals surface area contributed by atoms with E-state index >= 15 is 0 Å². The highest BCUT2D eigenvalue weighted by Gasteiger charge is 2.07. The Kier molecular flexibility index (Phi) is 2.64. The molecule has 4 nitrogen and oxygen atoms in total. The van der Waals surface area contributed by atoms with Gasteiger partial charge in [-0.2, -0.15) is 0 Å². The van der Waals surface area contributed by atoms with Crippen LogP contribution in [0.3, 0.4) is 0 Å². The van der Waals surface area contributed by atoms with Crippen LogP contribution < -0.4 is 17.2 Å². The normalized spacial score (nSPS) is 10.2. The van der Waals surface area contributed by atoms with Gasteiger partial charge >= 0.3 is 0 Å². The first-order valence-electron chi connectivity index (χ1n) is 5.00. The lowest BCUT2D eigenvalue weighted by atomic mass is 10.0. The molecule has 0 atom stereocenters. The fraction of sp³-hybridized carbons (Fsp3) is 0.0833. The minimum Gasteiger partial charge on any atom is -0.397 e. The lowest BCUT2D eigenvalue weighted by molar-refractivity contribution is 1.16. The number of nitrogen functional groups attached to an aromatic ring is 3. The summed E-state index contributed by atoms with van der Waals surface area (Å²) >= 11 is 0. The van der Waals surface area contributed by atoms with Crippen LogP contribution in [0.25, 0.3) is 0 Å². The second-order valence-electron chi connectivity index (χ2n) is 3.66. The number of nitrogens with zero attached hydrogens (tertiary/aromatic N) is 1. The molecular formula is C12H14N4. The van der Waals surface area contributed by atoms with Gasteiger partial charge in [0, 0.05) is 18.2 Å². The lowest BCUT2D eigenvalue weighted by Crippen LogP contribution is -2.06. The summed E-state index contributed by atoms with van der Waals surface area (Å²) in [4.78, 5) is 4.01. The minimum absolute atomic E-state index is 0.286. The summed E-state index contributed by atoms with van der Waals surface area (Å²) in [6.45, 7) is 0. The quantitative estimate of drug-likeness (QED) is 0.705. The smallest absolute Gasteiger partial charge is 0.148 e. The highest BCUT2D eigenvalue weighted by molar-refractivity contribution is 5.76. The molecule has 1 aromatic carbocycles. The van der Waals surface area contributed by atoms with Crippen LogP contribution in [0, 0.1) is 0 Å². The van der Waals surface area contributed by atoms with Crippen molar-refractivity contribution in [2.24, 2.45) is 0 Å². The Hall–Kier alpha value is -2.23. The molecule has 0 saturated heterocycles. The van der Waals surface area contributed by atoms with Crippen molar-refractivity contribution in [1.29, 1.82) is 0 Å². The average Bonchev–Trinajstić information content (AvgIpc) is 2.31. The van der Waals surface area contributed by atoms with Crippen LogP contribution in [-0.4, -0.2) is 4.98 Å². The first kappa shape index (κ1) is 10.3. The number of nitrogens with two attached hydrogens (primary N) is 3. The zero-order valence-electron chi connectivity index (χ0n) is 8.85. The van der Waals surface area contributed by atoms with Crippen molar-refractivity contribution >= 4 is 17.2 Å². The van der Waals surface area contributed by atoms with Gasteiger partial charge in [-0.25, -0.2) is 4.98 Å². The molecule has 0 saturated carbocycles. The molecule has 0 radical (unpaired) electrons. The summed E-state index contributed by atoms with van der Waals surface area (Å²) in [5, 5.41) is 0. The van der Waals surface area contributed by atoms with Gasteiger partial charge in [0.2, 0.25) is 0 Å². The van der Waals surface area contributed by atoms with Gasteiger partial charge in [-0.1, -0.05) is 30.3 Å². The van der Waals surface area contributed by atoms with E-state index in [4.69, 9.17) is 17.2 Å². The van der Waals surface area contributed by atoms with Crippen molar-refractivity contribution in [3.63, 3.8) is 0 Å². The van der Waals surface area contributed by atoms with Gasteiger partial charge in [0.1, 0.15) is 5.82 Å². The van der Waals surface area contributed by atoms with E-state index < -0.39 is 0 Å². The van der Waals surface area contributed by atoms with Gasteiger partial charge in [-0.3, -0.25) is 0 Å². The molecule has 0 unspecified atom stereocenters. The Balaban J connectivity index is 2.33. The number of benzene rings is 1.